The lowest BCUT2D eigenvalue weighted by Crippen LogP contribution is -2.37. The zero-order valence-electron chi connectivity index (χ0n) is 8.39. The van der Waals surface area contributed by atoms with Gasteiger partial charge < -0.3 is 10.6 Å². The lowest BCUT2D eigenvalue weighted by Gasteiger charge is -2.11. The van der Waals surface area contributed by atoms with Crippen molar-refractivity contribution >= 4 is 5.91 Å². The fraction of sp³-hybridized carbons (Fsp3) is 0.900. The summed E-state index contributed by atoms with van der Waals surface area (Å²) in [4.78, 5) is 11.6. The van der Waals surface area contributed by atoms with Gasteiger partial charge in [0.2, 0.25) is 5.91 Å². The number of hydrogen-bond acceptors (Lipinski definition) is 2. The van der Waals surface area contributed by atoms with Crippen LogP contribution in [0.4, 0.5) is 0 Å². The molecule has 2 aliphatic rings. The lowest BCUT2D eigenvalue weighted by atomic mass is 10.1. The minimum absolute atomic E-state index is 0.260. The Bertz CT molecular complexity index is 219. The van der Waals surface area contributed by atoms with Gasteiger partial charge in [-0.25, -0.2) is 0 Å². The molecule has 0 aromatic heterocycles. The summed E-state index contributed by atoms with van der Waals surface area (Å²) in [5, 5.41) is 6.34. The molecule has 0 spiro atoms. The average Bonchev–Trinajstić information content (AvgIpc) is 2.49. The van der Waals surface area contributed by atoms with Crippen molar-refractivity contribution in [1.82, 2.24) is 10.6 Å². The largest absolute Gasteiger partial charge is 0.352 e. The van der Waals surface area contributed by atoms with Gasteiger partial charge in [-0.1, -0.05) is 13.8 Å². The first-order chi connectivity index (χ1) is 6.09. The number of nitrogens with one attached hydrogen (secondary N) is 2. The molecule has 1 saturated heterocycles. The summed E-state index contributed by atoms with van der Waals surface area (Å²) >= 11 is 0. The smallest absolute Gasteiger partial charge is 0.223 e. The summed E-state index contributed by atoms with van der Waals surface area (Å²) in [5.41, 5.74) is 0.260. The van der Waals surface area contributed by atoms with Crippen molar-refractivity contribution in [1.29, 1.82) is 0 Å². The molecule has 1 saturated carbocycles. The molecule has 2 atom stereocenters. The van der Waals surface area contributed by atoms with Crippen LogP contribution in [0.5, 0.6) is 0 Å². The average molecular weight is 182 g/mol. The van der Waals surface area contributed by atoms with Crippen LogP contribution in [0.25, 0.3) is 0 Å². The predicted octanol–water partition coefficient (Wildman–Crippen LogP) is 0.511. The third kappa shape index (κ3) is 1.85. The number of rotatable bonds is 2. The Morgan fingerprint density at radius 2 is 2.23 bits per heavy atom. The Balaban J connectivity index is 1.79. The van der Waals surface area contributed by atoms with Gasteiger partial charge in [-0.05, 0) is 24.8 Å². The monoisotopic (exact) mass is 182 g/mol. The van der Waals surface area contributed by atoms with Crippen LogP contribution in [0.2, 0.25) is 0 Å². The first kappa shape index (κ1) is 9.00. The van der Waals surface area contributed by atoms with Crippen LogP contribution in [0.15, 0.2) is 0 Å². The van der Waals surface area contributed by atoms with Gasteiger partial charge in [0.25, 0.3) is 0 Å². The third-order valence-corrected chi connectivity index (χ3v) is 3.24. The molecule has 0 aromatic carbocycles. The van der Waals surface area contributed by atoms with Crippen LogP contribution in [0.3, 0.4) is 0 Å². The van der Waals surface area contributed by atoms with Crippen LogP contribution in [-0.2, 0) is 4.79 Å². The highest BCUT2D eigenvalue weighted by molar-refractivity contribution is 5.82. The Morgan fingerprint density at radius 1 is 1.54 bits per heavy atom. The number of amides is 1. The van der Waals surface area contributed by atoms with Crippen molar-refractivity contribution in [3.05, 3.63) is 0 Å². The molecule has 0 radical (unpaired) electrons. The molecule has 1 aliphatic heterocycles. The Kier molecular flexibility index (Phi) is 2.06. The minimum Gasteiger partial charge on any atom is -0.352 e. The minimum atomic E-state index is 0.260. The van der Waals surface area contributed by atoms with Crippen molar-refractivity contribution in [2.45, 2.75) is 32.7 Å². The van der Waals surface area contributed by atoms with Crippen LogP contribution in [-0.4, -0.2) is 25.0 Å². The molecule has 3 heteroatoms. The highest BCUT2D eigenvalue weighted by Crippen LogP contribution is 2.51. The molecule has 2 fully saturated rings. The topological polar surface area (TPSA) is 41.1 Å². The molecule has 0 bridgehead atoms. The van der Waals surface area contributed by atoms with Gasteiger partial charge in [-0.3, -0.25) is 4.79 Å². The van der Waals surface area contributed by atoms with Gasteiger partial charge in [0.1, 0.15) is 0 Å². The Morgan fingerprint density at radius 3 is 2.69 bits per heavy atom. The first-order valence-corrected chi connectivity index (χ1v) is 5.11. The summed E-state index contributed by atoms with van der Waals surface area (Å²) in [6, 6.07) is 0.379. The molecule has 1 unspecified atom stereocenters. The molecule has 1 amide bonds. The van der Waals surface area contributed by atoms with E-state index in [-0.39, 0.29) is 17.2 Å². The molecule has 1 heterocycles. The van der Waals surface area contributed by atoms with Crippen molar-refractivity contribution in [2.24, 2.45) is 11.3 Å². The maximum Gasteiger partial charge on any atom is 0.223 e. The van der Waals surface area contributed by atoms with E-state index in [1.165, 1.54) is 0 Å². The van der Waals surface area contributed by atoms with Crippen molar-refractivity contribution in [2.75, 3.05) is 13.1 Å². The second-order valence-corrected chi connectivity index (χ2v) is 4.94. The molecule has 1 aliphatic carbocycles. The number of hydrogen-bond donors (Lipinski definition) is 2. The molecule has 2 N–H and O–H groups in total. The zero-order valence-corrected chi connectivity index (χ0v) is 8.39. The summed E-state index contributed by atoms with van der Waals surface area (Å²) in [6.07, 6.45) is 2.14. The van der Waals surface area contributed by atoms with Crippen molar-refractivity contribution in [3.63, 3.8) is 0 Å². The second kappa shape index (κ2) is 2.98. The van der Waals surface area contributed by atoms with Gasteiger partial charge in [0.15, 0.2) is 0 Å². The maximum absolute atomic E-state index is 11.6. The molecule has 3 nitrogen and oxygen atoms in total. The van der Waals surface area contributed by atoms with Gasteiger partial charge in [0, 0.05) is 18.5 Å². The Hall–Kier alpha value is -0.570. The van der Waals surface area contributed by atoms with Gasteiger partial charge in [-0.15, -0.1) is 0 Å². The van der Waals surface area contributed by atoms with E-state index >= 15 is 0 Å². The van der Waals surface area contributed by atoms with Crippen molar-refractivity contribution < 1.29 is 4.79 Å². The Labute approximate surface area is 79.3 Å². The van der Waals surface area contributed by atoms with Gasteiger partial charge in [-0.2, -0.15) is 0 Å². The van der Waals surface area contributed by atoms with Crippen LogP contribution in [0, 0.1) is 11.3 Å². The van der Waals surface area contributed by atoms with E-state index < -0.39 is 0 Å². The zero-order chi connectivity index (χ0) is 9.47. The first-order valence-electron chi connectivity index (χ1n) is 5.11. The summed E-state index contributed by atoms with van der Waals surface area (Å²) < 4.78 is 0. The maximum atomic E-state index is 11.6. The third-order valence-electron chi connectivity index (χ3n) is 3.24. The highest BCUT2D eigenvalue weighted by Gasteiger charge is 2.50. The fourth-order valence-electron chi connectivity index (χ4n) is 1.99. The van der Waals surface area contributed by atoms with E-state index in [0.717, 1.165) is 25.9 Å². The normalized spacial score (nSPS) is 35.8. The molecular formula is C10H18N2O. The second-order valence-electron chi connectivity index (χ2n) is 4.94. The number of carbonyl (C=O) groups excluding carboxylic acids is 1. The predicted molar refractivity (Wildman–Crippen MR) is 51.3 cm³/mol. The van der Waals surface area contributed by atoms with Crippen LogP contribution in [0.1, 0.15) is 26.7 Å². The SMILES string of the molecule is CC1(C)CC1C(=O)N[C@H]1CCNC1. The molecule has 74 valence electrons. The van der Waals surface area contributed by atoms with Gasteiger partial charge >= 0.3 is 0 Å². The molecule has 13 heavy (non-hydrogen) atoms. The molecule has 0 aromatic rings. The fourth-order valence-corrected chi connectivity index (χ4v) is 1.99. The number of carbonyl (C=O) groups is 1. The van der Waals surface area contributed by atoms with E-state index in [4.69, 9.17) is 0 Å². The van der Waals surface area contributed by atoms with E-state index in [9.17, 15) is 4.79 Å². The quantitative estimate of drug-likeness (QED) is 0.653. The highest BCUT2D eigenvalue weighted by atomic mass is 16.2. The summed E-state index contributed by atoms with van der Waals surface area (Å²) in [5.74, 6) is 0.534. The summed E-state index contributed by atoms with van der Waals surface area (Å²) in [7, 11) is 0. The van der Waals surface area contributed by atoms with E-state index in [2.05, 4.69) is 24.5 Å². The van der Waals surface area contributed by atoms with Crippen LogP contribution >= 0.6 is 0 Å². The lowest BCUT2D eigenvalue weighted by molar-refractivity contribution is -0.123. The van der Waals surface area contributed by atoms with Crippen molar-refractivity contribution in [3.8, 4) is 0 Å². The van der Waals surface area contributed by atoms with Gasteiger partial charge in [0.05, 0.1) is 0 Å². The standard InChI is InChI=1S/C10H18N2O/c1-10(2)5-8(10)9(13)12-7-3-4-11-6-7/h7-8,11H,3-6H2,1-2H3,(H,12,13)/t7-,8?/m0/s1. The van der Waals surface area contributed by atoms with Crippen LogP contribution < -0.4 is 10.6 Å². The van der Waals surface area contributed by atoms with E-state index in [0.29, 0.717) is 6.04 Å². The van der Waals surface area contributed by atoms with E-state index in [1.54, 1.807) is 0 Å². The molecule has 2 rings (SSSR count). The molecular weight excluding hydrogens is 164 g/mol. The van der Waals surface area contributed by atoms with E-state index in [1.807, 2.05) is 0 Å². The summed E-state index contributed by atoms with van der Waals surface area (Å²) in [6.45, 7) is 6.30.